The van der Waals surface area contributed by atoms with Crippen molar-refractivity contribution >= 4 is 5.78 Å². The van der Waals surface area contributed by atoms with Crippen molar-refractivity contribution in [3.8, 4) is 22.8 Å². The Morgan fingerprint density at radius 2 is 2.00 bits per heavy atom. The molecule has 9 nitrogen and oxygen atoms in total. The Hall–Kier alpha value is -3.20. The van der Waals surface area contributed by atoms with Crippen LogP contribution in [0.1, 0.15) is 60.5 Å². The lowest BCUT2D eigenvalue weighted by atomic mass is 9.72. The molecule has 2 heterocycles. The number of hydrogen-bond acceptors (Lipinski definition) is 9. The molecule has 0 bridgehead atoms. The summed E-state index contributed by atoms with van der Waals surface area (Å²) in [6.45, 7) is 1.56. The van der Waals surface area contributed by atoms with Gasteiger partial charge in [-0.1, -0.05) is 5.16 Å². The van der Waals surface area contributed by atoms with Crippen LogP contribution in [0.15, 0.2) is 33.2 Å². The molecule has 1 aliphatic rings. The van der Waals surface area contributed by atoms with Gasteiger partial charge >= 0.3 is 0 Å². The number of aromatic nitrogens is 3. The van der Waals surface area contributed by atoms with Crippen LogP contribution < -0.4 is 0 Å². The first-order valence-electron chi connectivity index (χ1n) is 8.94. The number of nitrogens with zero attached hydrogens (tertiary/aromatic N) is 3. The predicted octanol–water partition coefficient (Wildman–Crippen LogP) is 2.96. The molecule has 146 valence electrons. The number of carbonyl (C=O) groups excluding carboxylic acids is 1. The van der Waals surface area contributed by atoms with Crippen molar-refractivity contribution in [3.63, 3.8) is 0 Å². The van der Waals surface area contributed by atoms with Gasteiger partial charge in [0.15, 0.2) is 23.0 Å². The molecule has 3 N–H and O–H groups in total. The molecule has 0 unspecified atom stereocenters. The van der Waals surface area contributed by atoms with Gasteiger partial charge in [0, 0.05) is 24.0 Å². The van der Waals surface area contributed by atoms with E-state index in [4.69, 9.17) is 8.94 Å². The van der Waals surface area contributed by atoms with E-state index in [0.29, 0.717) is 23.6 Å². The molecular formula is C19H19N3O6. The van der Waals surface area contributed by atoms with Gasteiger partial charge in [-0.25, -0.2) is 0 Å². The molecule has 0 saturated heterocycles. The first-order chi connectivity index (χ1) is 13.4. The second-order valence-electron chi connectivity index (χ2n) is 7.10. The van der Waals surface area contributed by atoms with E-state index in [1.807, 2.05) is 0 Å². The first-order valence-corrected chi connectivity index (χ1v) is 8.94. The van der Waals surface area contributed by atoms with Gasteiger partial charge in [0.2, 0.25) is 11.8 Å². The molecule has 3 aromatic rings. The maximum Gasteiger partial charge on any atom is 0.244 e. The zero-order valence-electron chi connectivity index (χ0n) is 15.1. The number of benzene rings is 1. The quantitative estimate of drug-likeness (QED) is 0.431. The number of aliphatic hydroxyl groups excluding tert-OH is 1. The standard InChI is InChI=1S/C19H19N3O6/c1-9(23)18-20-21-19(27-18)12-4-10(5-12)6-15(25)13-8-17(28-22-13)11-2-3-14(24)16(26)7-11/h2-3,7-10,12,23-24,26H,4-6H2,1H3/t9-,10?,12?/m1/s1. The summed E-state index contributed by atoms with van der Waals surface area (Å²) in [5.41, 5.74) is 0.732. The van der Waals surface area contributed by atoms with Crippen LogP contribution in [0.2, 0.25) is 0 Å². The second-order valence-corrected chi connectivity index (χ2v) is 7.10. The Morgan fingerprint density at radius 3 is 2.68 bits per heavy atom. The Bertz CT molecular complexity index is 1000. The van der Waals surface area contributed by atoms with Crippen molar-refractivity contribution in [1.82, 2.24) is 15.4 Å². The van der Waals surface area contributed by atoms with Crippen molar-refractivity contribution in [2.45, 2.75) is 38.2 Å². The van der Waals surface area contributed by atoms with E-state index < -0.39 is 6.10 Å². The average Bonchev–Trinajstić information content (AvgIpc) is 3.29. The lowest BCUT2D eigenvalue weighted by Crippen LogP contribution is -2.24. The minimum Gasteiger partial charge on any atom is -0.504 e. The number of rotatable bonds is 6. The molecule has 1 aromatic carbocycles. The molecular weight excluding hydrogens is 366 g/mol. The third-order valence-electron chi connectivity index (χ3n) is 4.93. The maximum absolute atomic E-state index is 12.5. The summed E-state index contributed by atoms with van der Waals surface area (Å²) in [6.07, 6.45) is 1.05. The molecule has 0 amide bonds. The lowest BCUT2D eigenvalue weighted by Gasteiger charge is -2.32. The fourth-order valence-electron chi connectivity index (χ4n) is 3.27. The Balaban J connectivity index is 1.35. The number of aliphatic hydroxyl groups is 1. The number of phenols is 2. The minimum atomic E-state index is -0.796. The fraction of sp³-hybridized carbons (Fsp3) is 0.368. The van der Waals surface area contributed by atoms with E-state index in [1.54, 1.807) is 13.0 Å². The summed E-state index contributed by atoms with van der Waals surface area (Å²) in [4.78, 5) is 12.5. The second kappa shape index (κ2) is 7.08. The van der Waals surface area contributed by atoms with Gasteiger partial charge in [-0.15, -0.1) is 10.2 Å². The van der Waals surface area contributed by atoms with Crippen LogP contribution in [0, 0.1) is 5.92 Å². The van der Waals surface area contributed by atoms with Crippen molar-refractivity contribution in [1.29, 1.82) is 0 Å². The molecule has 1 fully saturated rings. The van der Waals surface area contributed by atoms with Crippen molar-refractivity contribution in [3.05, 3.63) is 41.7 Å². The zero-order valence-corrected chi connectivity index (χ0v) is 15.1. The van der Waals surface area contributed by atoms with Gasteiger partial charge in [-0.05, 0) is 43.9 Å². The summed E-state index contributed by atoms with van der Waals surface area (Å²) in [5, 5.41) is 40.0. The summed E-state index contributed by atoms with van der Waals surface area (Å²) < 4.78 is 10.6. The molecule has 2 aromatic heterocycles. The molecule has 1 atom stereocenters. The van der Waals surface area contributed by atoms with Gasteiger partial charge in [0.1, 0.15) is 11.8 Å². The maximum atomic E-state index is 12.5. The number of hydrogen-bond donors (Lipinski definition) is 3. The molecule has 0 radical (unpaired) electrons. The summed E-state index contributed by atoms with van der Waals surface area (Å²) in [6, 6.07) is 5.76. The molecule has 9 heteroatoms. The smallest absolute Gasteiger partial charge is 0.244 e. The molecule has 4 rings (SSSR count). The van der Waals surface area contributed by atoms with Crippen LogP contribution in [0.5, 0.6) is 11.5 Å². The summed E-state index contributed by atoms with van der Waals surface area (Å²) in [7, 11) is 0. The molecule has 1 aliphatic carbocycles. The highest BCUT2D eigenvalue weighted by molar-refractivity contribution is 5.95. The minimum absolute atomic E-state index is 0.102. The number of Topliss-reactive ketones (excluding diaryl/α,β-unsaturated/α-hetero) is 1. The highest BCUT2D eigenvalue weighted by Gasteiger charge is 2.36. The van der Waals surface area contributed by atoms with E-state index in [9.17, 15) is 20.1 Å². The van der Waals surface area contributed by atoms with Crippen LogP contribution in [-0.2, 0) is 0 Å². The zero-order chi connectivity index (χ0) is 19.8. The number of phenolic OH excluding ortho intramolecular Hbond substituents is 2. The van der Waals surface area contributed by atoms with E-state index >= 15 is 0 Å². The normalized spacial score (nSPS) is 19.9. The van der Waals surface area contributed by atoms with Gasteiger partial charge in [0.25, 0.3) is 0 Å². The monoisotopic (exact) mass is 385 g/mol. The van der Waals surface area contributed by atoms with Gasteiger partial charge in [-0.2, -0.15) is 0 Å². The highest BCUT2D eigenvalue weighted by Crippen LogP contribution is 2.43. The first kappa shape index (κ1) is 18.2. The number of carbonyl (C=O) groups is 1. The van der Waals surface area contributed by atoms with Crippen LogP contribution in [0.25, 0.3) is 11.3 Å². The lowest BCUT2D eigenvalue weighted by molar-refractivity contribution is 0.0905. The van der Waals surface area contributed by atoms with Crippen molar-refractivity contribution in [2.24, 2.45) is 5.92 Å². The Kier molecular flexibility index (Phi) is 4.60. The van der Waals surface area contributed by atoms with Crippen LogP contribution >= 0.6 is 0 Å². The third-order valence-corrected chi connectivity index (χ3v) is 4.93. The summed E-state index contributed by atoms with van der Waals surface area (Å²) in [5.74, 6) is 0.685. The van der Waals surface area contributed by atoms with E-state index in [-0.39, 0.29) is 40.7 Å². The van der Waals surface area contributed by atoms with Crippen molar-refractivity contribution < 1.29 is 29.1 Å². The fourth-order valence-corrected chi connectivity index (χ4v) is 3.27. The van der Waals surface area contributed by atoms with Crippen LogP contribution in [0.3, 0.4) is 0 Å². The van der Waals surface area contributed by atoms with Crippen LogP contribution in [-0.4, -0.2) is 36.5 Å². The summed E-state index contributed by atoms with van der Waals surface area (Å²) >= 11 is 0. The SMILES string of the molecule is C[C@@H](O)c1nnc(C2CC(CC(=O)c3cc(-c4ccc(O)c(O)c4)on3)C2)o1. The van der Waals surface area contributed by atoms with Crippen molar-refractivity contribution in [2.75, 3.05) is 0 Å². The van der Waals surface area contributed by atoms with E-state index in [1.165, 1.54) is 18.2 Å². The largest absolute Gasteiger partial charge is 0.504 e. The number of ketones is 1. The molecule has 1 saturated carbocycles. The van der Waals surface area contributed by atoms with Crippen LogP contribution in [0.4, 0.5) is 0 Å². The van der Waals surface area contributed by atoms with E-state index in [0.717, 1.165) is 12.8 Å². The predicted molar refractivity (Wildman–Crippen MR) is 94.6 cm³/mol. The van der Waals surface area contributed by atoms with Gasteiger partial charge < -0.3 is 24.3 Å². The van der Waals surface area contributed by atoms with Gasteiger partial charge in [-0.3, -0.25) is 4.79 Å². The van der Waals surface area contributed by atoms with E-state index in [2.05, 4.69) is 15.4 Å². The molecule has 28 heavy (non-hydrogen) atoms. The third kappa shape index (κ3) is 3.48. The Morgan fingerprint density at radius 1 is 1.21 bits per heavy atom. The highest BCUT2D eigenvalue weighted by atomic mass is 16.5. The Labute approximate surface area is 159 Å². The molecule has 0 spiro atoms. The molecule has 0 aliphatic heterocycles. The topological polar surface area (TPSA) is 143 Å². The van der Waals surface area contributed by atoms with Gasteiger partial charge in [0.05, 0.1) is 0 Å². The average molecular weight is 385 g/mol. The number of aromatic hydroxyl groups is 2.